The van der Waals surface area contributed by atoms with Crippen LogP contribution in [-0.2, 0) is 10.5 Å². The van der Waals surface area contributed by atoms with Crippen LogP contribution in [0.1, 0.15) is 25.8 Å². The van der Waals surface area contributed by atoms with Gasteiger partial charge in [0, 0.05) is 37.2 Å². The van der Waals surface area contributed by atoms with Crippen molar-refractivity contribution >= 4 is 40.6 Å². The smallest absolute Gasteiger partial charge is 0.326 e. The minimum absolute atomic E-state index is 0.204. The molecular formula is C17H26N2O2S2. The largest absolute Gasteiger partial charge is 0.480 e. The van der Waals surface area contributed by atoms with E-state index in [9.17, 15) is 9.90 Å². The molecule has 0 aliphatic rings. The van der Waals surface area contributed by atoms with E-state index in [0.717, 1.165) is 17.9 Å². The molecule has 6 heteroatoms. The summed E-state index contributed by atoms with van der Waals surface area (Å²) in [5, 5.41) is 12.3. The monoisotopic (exact) mass is 354 g/mol. The van der Waals surface area contributed by atoms with Crippen molar-refractivity contribution in [2.24, 2.45) is 5.92 Å². The third-order valence-corrected chi connectivity index (χ3v) is 5.31. The third-order valence-electron chi connectivity index (χ3n) is 3.68. The normalized spacial score (nSPS) is 13.2. The number of nitrogens with zero attached hydrogens (tertiary/aromatic N) is 1. The minimum Gasteiger partial charge on any atom is -0.480 e. The molecule has 0 spiro atoms. The van der Waals surface area contributed by atoms with Gasteiger partial charge in [-0.2, -0.15) is 11.8 Å². The van der Waals surface area contributed by atoms with Crippen molar-refractivity contribution < 1.29 is 9.90 Å². The van der Waals surface area contributed by atoms with Crippen molar-refractivity contribution in [3.63, 3.8) is 0 Å². The van der Waals surface area contributed by atoms with Gasteiger partial charge in [-0.05, 0) is 24.1 Å². The number of thiocarbonyl (C=S) groups is 1. The fourth-order valence-corrected chi connectivity index (χ4v) is 3.18. The van der Waals surface area contributed by atoms with Gasteiger partial charge in [0.25, 0.3) is 0 Å². The maximum Gasteiger partial charge on any atom is 0.326 e. The van der Waals surface area contributed by atoms with Crippen LogP contribution in [0.25, 0.3) is 0 Å². The lowest BCUT2D eigenvalue weighted by Crippen LogP contribution is -2.43. The van der Waals surface area contributed by atoms with Crippen LogP contribution in [-0.4, -0.2) is 42.0 Å². The number of aliphatic carboxylic acids is 1. The van der Waals surface area contributed by atoms with Crippen LogP contribution in [0.4, 0.5) is 5.69 Å². The molecule has 0 fully saturated rings. The summed E-state index contributed by atoms with van der Waals surface area (Å²) >= 11 is 6.87. The van der Waals surface area contributed by atoms with Crippen molar-refractivity contribution in [1.29, 1.82) is 0 Å². The Kier molecular flexibility index (Phi) is 8.41. The lowest BCUT2D eigenvalue weighted by molar-refractivity contribution is -0.138. The maximum atomic E-state index is 11.4. The Morgan fingerprint density at radius 3 is 2.43 bits per heavy atom. The van der Waals surface area contributed by atoms with Gasteiger partial charge in [-0.3, -0.25) is 0 Å². The first-order chi connectivity index (χ1) is 10.8. The Labute approximate surface area is 148 Å². The number of rotatable bonds is 9. The summed E-state index contributed by atoms with van der Waals surface area (Å²) in [6.07, 6.45) is 0.906. The molecule has 1 aromatic carbocycles. The summed E-state index contributed by atoms with van der Waals surface area (Å²) in [5.74, 6) is 0.623. The van der Waals surface area contributed by atoms with Crippen molar-refractivity contribution in [3.05, 3.63) is 29.8 Å². The van der Waals surface area contributed by atoms with Crippen LogP contribution in [0, 0.1) is 5.92 Å². The quantitative estimate of drug-likeness (QED) is 0.663. The summed E-state index contributed by atoms with van der Waals surface area (Å²) < 4.78 is 0. The molecule has 2 N–H and O–H groups in total. The van der Waals surface area contributed by atoms with Crippen molar-refractivity contribution in [3.8, 4) is 0 Å². The van der Waals surface area contributed by atoms with Gasteiger partial charge >= 0.3 is 5.97 Å². The Hall–Kier alpha value is -1.27. The standard InChI is InChI=1S/C17H26N2O2S2/c1-5-12(2)16(22)18-15(17(20)21)11-23-10-13-6-8-14(9-7-13)19(3)4/h6-9,12,15H,5,10-11H2,1-4H3,(H,18,22)(H,20,21)/t12-,15-/m0/s1. The van der Waals surface area contributed by atoms with Gasteiger partial charge in [0.1, 0.15) is 6.04 Å². The first-order valence-corrected chi connectivity index (χ1v) is 9.28. The zero-order chi connectivity index (χ0) is 17.4. The molecule has 0 aliphatic carbocycles. The van der Waals surface area contributed by atoms with Crippen LogP contribution in [0.2, 0.25) is 0 Å². The number of hydrogen-bond acceptors (Lipinski definition) is 4. The topological polar surface area (TPSA) is 52.6 Å². The molecule has 0 aromatic heterocycles. The molecule has 0 saturated carbocycles. The SMILES string of the molecule is CC[C@H](C)C(=S)N[C@@H](CSCc1ccc(N(C)C)cc1)C(=O)O. The maximum absolute atomic E-state index is 11.4. The van der Waals surface area contributed by atoms with E-state index in [1.807, 2.05) is 27.9 Å². The highest BCUT2D eigenvalue weighted by atomic mass is 32.2. The zero-order valence-electron chi connectivity index (χ0n) is 14.2. The van der Waals surface area contributed by atoms with E-state index in [0.29, 0.717) is 10.7 Å². The van der Waals surface area contributed by atoms with Gasteiger partial charge in [0.05, 0.1) is 4.99 Å². The second-order valence-corrected chi connectivity index (χ2v) is 7.25. The number of benzene rings is 1. The van der Waals surface area contributed by atoms with Crippen molar-refractivity contribution in [2.45, 2.75) is 32.1 Å². The van der Waals surface area contributed by atoms with Gasteiger partial charge in [-0.15, -0.1) is 0 Å². The Morgan fingerprint density at radius 1 is 1.35 bits per heavy atom. The molecule has 4 nitrogen and oxygen atoms in total. The van der Waals surface area contributed by atoms with Gasteiger partial charge < -0.3 is 15.3 Å². The fraction of sp³-hybridized carbons (Fsp3) is 0.529. The lowest BCUT2D eigenvalue weighted by atomic mass is 10.1. The van der Waals surface area contributed by atoms with E-state index in [1.54, 1.807) is 11.8 Å². The molecule has 128 valence electrons. The highest BCUT2D eigenvalue weighted by Crippen LogP contribution is 2.18. The average molecular weight is 355 g/mol. The molecule has 0 bridgehead atoms. The number of thioether (sulfide) groups is 1. The second-order valence-electron chi connectivity index (χ2n) is 5.78. The van der Waals surface area contributed by atoms with Crippen LogP contribution < -0.4 is 10.2 Å². The highest BCUT2D eigenvalue weighted by Gasteiger charge is 2.20. The van der Waals surface area contributed by atoms with Crippen LogP contribution >= 0.6 is 24.0 Å². The van der Waals surface area contributed by atoms with Crippen LogP contribution in [0.3, 0.4) is 0 Å². The number of anilines is 1. The number of hydrogen-bond donors (Lipinski definition) is 2. The Bertz CT molecular complexity index is 518. The molecule has 0 amide bonds. The molecule has 0 heterocycles. The number of carbonyl (C=O) groups is 1. The Balaban J connectivity index is 2.49. The first kappa shape index (κ1) is 19.8. The molecule has 23 heavy (non-hydrogen) atoms. The van der Waals surface area contributed by atoms with E-state index >= 15 is 0 Å². The molecule has 1 rings (SSSR count). The number of nitrogens with one attached hydrogen (secondary N) is 1. The van der Waals surface area contributed by atoms with Crippen LogP contribution in [0.15, 0.2) is 24.3 Å². The van der Waals surface area contributed by atoms with Gasteiger partial charge in [0.15, 0.2) is 0 Å². The molecular weight excluding hydrogens is 328 g/mol. The summed E-state index contributed by atoms with van der Waals surface area (Å²) in [4.78, 5) is 14.1. The molecule has 0 radical (unpaired) electrons. The number of carboxylic acid groups (broad SMARTS) is 1. The molecule has 0 aliphatic heterocycles. The summed E-state index contributed by atoms with van der Waals surface area (Å²) in [6, 6.07) is 7.66. The van der Waals surface area contributed by atoms with E-state index < -0.39 is 12.0 Å². The summed E-state index contributed by atoms with van der Waals surface area (Å²) in [7, 11) is 4.01. The average Bonchev–Trinajstić information content (AvgIpc) is 2.53. The van der Waals surface area contributed by atoms with Gasteiger partial charge in [-0.1, -0.05) is 38.2 Å². The summed E-state index contributed by atoms with van der Waals surface area (Å²) in [5.41, 5.74) is 2.34. The van der Waals surface area contributed by atoms with Gasteiger partial charge in [0.2, 0.25) is 0 Å². The summed E-state index contributed by atoms with van der Waals surface area (Å²) in [6.45, 7) is 4.05. The molecule has 0 saturated heterocycles. The molecule has 2 atom stereocenters. The fourth-order valence-electron chi connectivity index (χ4n) is 1.86. The first-order valence-electron chi connectivity index (χ1n) is 7.72. The van der Waals surface area contributed by atoms with E-state index in [-0.39, 0.29) is 5.92 Å². The Morgan fingerprint density at radius 2 is 1.96 bits per heavy atom. The lowest BCUT2D eigenvalue weighted by Gasteiger charge is -2.19. The predicted octanol–water partition coefficient (Wildman–Crippen LogP) is 3.40. The minimum atomic E-state index is -0.855. The highest BCUT2D eigenvalue weighted by molar-refractivity contribution is 7.98. The van der Waals surface area contributed by atoms with Gasteiger partial charge in [-0.25, -0.2) is 4.79 Å². The molecule has 1 aromatic rings. The second kappa shape index (κ2) is 9.78. The third kappa shape index (κ3) is 6.79. The van der Waals surface area contributed by atoms with Crippen LogP contribution in [0.5, 0.6) is 0 Å². The predicted molar refractivity (Wildman–Crippen MR) is 104 cm³/mol. The van der Waals surface area contributed by atoms with E-state index in [1.165, 1.54) is 5.56 Å². The van der Waals surface area contributed by atoms with Crippen molar-refractivity contribution in [2.75, 3.05) is 24.7 Å². The van der Waals surface area contributed by atoms with Crippen molar-refractivity contribution in [1.82, 2.24) is 5.32 Å². The van der Waals surface area contributed by atoms with E-state index in [2.05, 4.69) is 34.5 Å². The molecule has 0 unspecified atom stereocenters. The van der Waals surface area contributed by atoms with E-state index in [4.69, 9.17) is 12.2 Å². The zero-order valence-corrected chi connectivity index (χ0v) is 15.8. The number of carboxylic acids is 1.